The molecule has 0 aliphatic heterocycles. The normalized spacial score (nSPS) is 10.1. The van der Waals surface area contributed by atoms with E-state index in [1.807, 2.05) is 24.5 Å². The smallest absolute Gasteiger partial charge is 0.342 e. The molecular formula is C20H22N2O5S. The van der Waals surface area contributed by atoms with Crippen LogP contribution in [0.4, 0.5) is 5.69 Å². The molecule has 0 radical (unpaired) electrons. The first-order valence-corrected chi connectivity index (χ1v) is 9.65. The highest BCUT2D eigenvalue weighted by Gasteiger charge is 2.18. The van der Waals surface area contributed by atoms with Crippen LogP contribution in [-0.2, 0) is 14.3 Å². The van der Waals surface area contributed by atoms with Crippen LogP contribution in [0.15, 0.2) is 53.4 Å². The Morgan fingerprint density at radius 1 is 1.07 bits per heavy atom. The van der Waals surface area contributed by atoms with Gasteiger partial charge in [0.25, 0.3) is 5.91 Å². The number of methoxy groups -OCH3 is 1. The summed E-state index contributed by atoms with van der Waals surface area (Å²) in [5.41, 5.74) is 0.912. The van der Waals surface area contributed by atoms with E-state index in [9.17, 15) is 14.4 Å². The molecular weight excluding hydrogens is 380 g/mol. The summed E-state index contributed by atoms with van der Waals surface area (Å²) in [5.74, 6) is -1.14. The van der Waals surface area contributed by atoms with Crippen molar-refractivity contribution in [2.24, 2.45) is 0 Å². The maximum absolute atomic E-state index is 12.2. The van der Waals surface area contributed by atoms with Crippen LogP contribution in [0.1, 0.15) is 10.4 Å². The quantitative estimate of drug-likeness (QED) is 0.540. The first-order chi connectivity index (χ1) is 13.5. The number of hydrogen-bond acceptors (Lipinski definition) is 6. The molecule has 2 amide bonds. The van der Waals surface area contributed by atoms with Crippen molar-refractivity contribution in [2.75, 3.05) is 38.9 Å². The summed E-state index contributed by atoms with van der Waals surface area (Å²) < 4.78 is 10.1. The lowest BCUT2D eigenvalue weighted by Crippen LogP contribution is -2.37. The molecule has 2 aromatic carbocycles. The molecule has 0 bridgehead atoms. The van der Waals surface area contributed by atoms with Gasteiger partial charge in [-0.15, -0.1) is 11.8 Å². The summed E-state index contributed by atoms with van der Waals surface area (Å²) >= 11 is 1.51. The van der Waals surface area contributed by atoms with E-state index >= 15 is 0 Å². The fraction of sp³-hybridized carbons (Fsp3) is 0.250. The van der Waals surface area contributed by atoms with E-state index in [0.717, 1.165) is 4.90 Å². The van der Waals surface area contributed by atoms with E-state index in [1.165, 1.54) is 30.8 Å². The summed E-state index contributed by atoms with van der Waals surface area (Å²) in [5, 5.41) is 2.78. The van der Waals surface area contributed by atoms with Gasteiger partial charge < -0.3 is 19.7 Å². The van der Waals surface area contributed by atoms with Gasteiger partial charge in [0.05, 0.1) is 19.3 Å². The van der Waals surface area contributed by atoms with Gasteiger partial charge in [0.15, 0.2) is 6.61 Å². The number of nitrogens with one attached hydrogen (secondary N) is 1. The molecule has 1 N–H and O–H groups in total. The summed E-state index contributed by atoms with van der Waals surface area (Å²) in [6.07, 6.45) is 1.91. The molecule has 7 nitrogen and oxygen atoms in total. The first-order valence-electron chi connectivity index (χ1n) is 8.43. The van der Waals surface area contributed by atoms with Crippen LogP contribution in [0.5, 0.6) is 5.75 Å². The van der Waals surface area contributed by atoms with Crippen molar-refractivity contribution >= 4 is 35.2 Å². The van der Waals surface area contributed by atoms with Crippen molar-refractivity contribution in [1.82, 2.24) is 4.90 Å². The van der Waals surface area contributed by atoms with E-state index in [2.05, 4.69) is 5.32 Å². The van der Waals surface area contributed by atoms with Gasteiger partial charge >= 0.3 is 5.97 Å². The lowest BCUT2D eigenvalue weighted by Gasteiger charge is -2.17. The van der Waals surface area contributed by atoms with Crippen molar-refractivity contribution in [3.05, 3.63) is 54.1 Å². The van der Waals surface area contributed by atoms with Gasteiger partial charge in [-0.05, 0) is 30.5 Å². The number of benzene rings is 2. The zero-order chi connectivity index (χ0) is 20.5. The predicted octanol–water partition coefficient (Wildman–Crippen LogP) is 2.67. The second-order valence-corrected chi connectivity index (χ2v) is 6.62. The molecule has 0 aliphatic carbocycles. The molecule has 0 atom stereocenters. The molecule has 0 aromatic heterocycles. The molecule has 0 spiro atoms. The third-order valence-corrected chi connectivity index (χ3v) is 4.64. The number of hydrogen-bond donors (Lipinski definition) is 1. The van der Waals surface area contributed by atoms with Crippen LogP contribution >= 0.6 is 11.8 Å². The van der Waals surface area contributed by atoms with E-state index in [-0.39, 0.29) is 18.0 Å². The zero-order valence-corrected chi connectivity index (χ0v) is 16.7. The third kappa shape index (κ3) is 5.75. The van der Waals surface area contributed by atoms with E-state index in [1.54, 1.807) is 30.3 Å². The number of anilines is 1. The van der Waals surface area contributed by atoms with Crippen LogP contribution in [0.3, 0.4) is 0 Å². The highest BCUT2D eigenvalue weighted by molar-refractivity contribution is 7.98. The number of nitrogens with zero attached hydrogens (tertiary/aromatic N) is 1. The van der Waals surface area contributed by atoms with Gasteiger partial charge in [-0.25, -0.2) is 4.79 Å². The Morgan fingerprint density at radius 2 is 1.75 bits per heavy atom. The lowest BCUT2D eigenvalue weighted by molar-refractivity contribution is -0.136. The molecule has 0 heterocycles. The number of rotatable bonds is 8. The summed E-state index contributed by atoms with van der Waals surface area (Å²) in [4.78, 5) is 38.6. The van der Waals surface area contributed by atoms with Crippen molar-refractivity contribution in [3.63, 3.8) is 0 Å². The monoisotopic (exact) mass is 402 g/mol. The predicted molar refractivity (Wildman–Crippen MR) is 108 cm³/mol. The minimum absolute atomic E-state index is 0.159. The van der Waals surface area contributed by atoms with Gasteiger partial charge in [-0.1, -0.05) is 24.3 Å². The van der Waals surface area contributed by atoms with Crippen molar-refractivity contribution in [3.8, 4) is 5.75 Å². The van der Waals surface area contributed by atoms with Gasteiger partial charge in [-0.3, -0.25) is 9.59 Å². The Labute approximate surface area is 168 Å². The number of thioether (sulfide) groups is 1. The summed E-state index contributed by atoms with van der Waals surface area (Å²) in [6.45, 7) is -0.629. The number of para-hydroxylation sites is 2. The van der Waals surface area contributed by atoms with Gasteiger partial charge in [0.2, 0.25) is 5.91 Å². The molecule has 0 saturated heterocycles. The van der Waals surface area contributed by atoms with Gasteiger partial charge in [0, 0.05) is 11.9 Å². The molecule has 0 fully saturated rings. The minimum atomic E-state index is -0.669. The van der Waals surface area contributed by atoms with Crippen LogP contribution in [0, 0.1) is 0 Å². The zero-order valence-electron chi connectivity index (χ0n) is 15.9. The highest BCUT2D eigenvalue weighted by atomic mass is 32.2. The van der Waals surface area contributed by atoms with Crippen molar-refractivity contribution < 1.29 is 23.9 Å². The van der Waals surface area contributed by atoms with Crippen molar-refractivity contribution in [1.29, 1.82) is 0 Å². The van der Waals surface area contributed by atoms with E-state index in [0.29, 0.717) is 11.4 Å². The number of carbonyl (C=O) groups is 3. The average Bonchev–Trinajstić information content (AvgIpc) is 2.71. The average molecular weight is 402 g/mol. The molecule has 2 rings (SSSR count). The maximum atomic E-state index is 12.2. The van der Waals surface area contributed by atoms with Crippen molar-refractivity contribution in [2.45, 2.75) is 4.90 Å². The largest absolute Gasteiger partial charge is 0.496 e. The SMILES string of the molecule is COc1ccccc1C(=O)OCC(=O)N(C)CC(=O)Nc1ccccc1SC. The Kier molecular flexibility index (Phi) is 7.88. The second kappa shape index (κ2) is 10.4. The van der Waals surface area contributed by atoms with Crippen LogP contribution in [-0.4, -0.2) is 56.2 Å². The Morgan fingerprint density at radius 3 is 2.46 bits per heavy atom. The molecule has 0 unspecified atom stereocenters. The highest BCUT2D eigenvalue weighted by Crippen LogP contribution is 2.24. The summed E-state index contributed by atoms with van der Waals surface area (Å²) in [7, 11) is 2.91. The van der Waals surface area contributed by atoms with Crippen LogP contribution < -0.4 is 10.1 Å². The standard InChI is InChI=1S/C20H22N2O5S/c1-22(12-18(23)21-15-9-5-7-11-17(15)28-3)19(24)13-27-20(25)14-8-4-6-10-16(14)26-2/h4-11H,12-13H2,1-3H3,(H,21,23). The lowest BCUT2D eigenvalue weighted by atomic mass is 10.2. The number of ether oxygens (including phenoxy) is 2. The van der Waals surface area contributed by atoms with Crippen LogP contribution in [0.25, 0.3) is 0 Å². The fourth-order valence-electron chi connectivity index (χ4n) is 2.37. The molecule has 8 heteroatoms. The second-order valence-electron chi connectivity index (χ2n) is 5.77. The number of amides is 2. The maximum Gasteiger partial charge on any atom is 0.342 e. The Balaban J connectivity index is 1.87. The third-order valence-electron chi connectivity index (χ3n) is 3.84. The van der Waals surface area contributed by atoms with E-state index < -0.39 is 18.5 Å². The molecule has 148 valence electrons. The number of esters is 1. The van der Waals surface area contributed by atoms with E-state index in [4.69, 9.17) is 9.47 Å². The van der Waals surface area contributed by atoms with Gasteiger partial charge in [0.1, 0.15) is 11.3 Å². The molecule has 2 aromatic rings. The topological polar surface area (TPSA) is 84.9 Å². The molecule has 28 heavy (non-hydrogen) atoms. The minimum Gasteiger partial charge on any atom is -0.496 e. The van der Waals surface area contributed by atoms with Gasteiger partial charge in [-0.2, -0.15) is 0 Å². The van der Waals surface area contributed by atoms with Crippen LogP contribution in [0.2, 0.25) is 0 Å². The molecule has 0 aliphatic rings. The summed E-state index contributed by atoms with van der Waals surface area (Å²) in [6, 6.07) is 14.0. The fourth-order valence-corrected chi connectivity index (χ4v) is 2.92. The molecule has 0 saturated carbocycles. The Bertz CT molecular complexity index is 856. The Hall–Kier alpha value is -3.00. The number of carbonyl (C=O) groups excluding carboxylic acids is 3. The number of likely N-dealkylation sites (N-methyl/N-ethyl adjacent to an activating group) is 1. The first kappa shape index (κ1) is 21.3.